The molecule has 2 N–H and O–H groups in total. The number of esters is 2. The monoisotopic (exact) mass is 675 g/mol. The van der Waals surface area contributed by atoms with E-state index in [9.17, 15) is 33.6 Å². The fraction of sp³-hybridized carbons (Fsp3) is 0.467. The van der Waals surface area contributed by atoms with Crippen molar-refractivity contribution in [2.24, 2.45) is 0 Å². The second kappa shape index (κ2) is 16.3. The number of benzene rings is 1. The van der Waals surface area contributed by atoms with Crippen molar-refractivity contribution in [1.29, 1.82) is 0 Å². The third-order valence-corrected chi connectivity index (χ3v) is 8.74. The average molecular weight is 676 g/mol. The van der Waals surface area contributed by atoms with Crippen molar-refractivity contribution in [1.82, 2.24) is 20.1 Å². The maximum atomic E-state index is 13.8. The number of aromatic nitrogens is 1. The van der Waals surface area contributed by atoms with E-state index in [1.807, 2.05) is 36.4 Å². The van der Waals surface area contributed by atoms with Gasteiger partial charge in [0.25, 0.3) is 5.91 Å². The SMILES string of the molecule is CO[C@H]1CCN(c2cc(C(=O)N[C@@H](C[PH](=O)OC(OC(C)=O)OC(C)=O)C(=O)N3CCN(C(=O)O)CC3)nc(-c3ccccc3)c2)C1. The molecule has 17 heteroatoms. The standard InChI is InChI=1S/C30H38N5O11P/c1-19(36)44-30(45-20(2)37)46-47(42)18-26(28(39)33-11-13-34(14-12-33)29(40)41)32-27(38)25-16-22(35-10-9-23(17-35)43-3)15-24(31-25)21-7-5-4-6-8-21/h4-8,15-16,23,26,30,47H,9-14,17-18H2,1-3H3,(H,32,38)(H,40,41)/t23-,26-/m0/s1. The summed E-state index contributed by atoms with van der Waals surface area (Å²) >= 11 is 0. The number of hydrogen-bond acceptors (Lipinski definition) is 12. The molecule has 2 aliphatic rings. The van der Waals surface area contributed by atoms with E-state index in [-0.39, 0.29) is 38.0 Å². The fourth-order valence-corrected chi connectivity index (χ4v) is 6.18. The van der Waals surface area contributed by atoms with E-state index in [1.165, 1.54) is 4.90 Å². The van der Waals surface area contributed by atoms with Gasteiger partial charge in [0.1, 0.15) is 11.7 Å². The summed E-state index contributed by atoms with van der Waals surface area (Å²) in [6.45, 7) is 1.56. The molecule has 0 saturated carbocycles. The lowest BCUT2D eigenvalue weighted by Crippen LogP contribution is -2.56. The summed E-state index contributed by atoms with van der Waals surface area (Å²) in [5, 5.41) is 11.9. The predicted octanol–water partition coefficient (Wildman–Crippen LogP) is 1.80. The van der Waals surface area contributed by atoms with Crippen molar-refractivity contribution in [2.45, 2.75) is 38.9 Å². The topological polar surface area (TPSA) is 194 Å². The van der Waals surface area contributed by atoms with Gasteiger partial charge in [-0.1, -0.05) is 30.3 Å². The van der Waals surface area contributed by atoms with Crippen molar-refractivity contribution >= 4 is 43.6 Å². The van der Waals surface area contributed by atoms with E-state index < -0.39 is 56.6 Å². The minimum atomic E-state index is -3.30. The molecule has 0 aliphatic carbocycles. The quantitative estimate of drug-likeness (QED) is 0.188. The first-order valence-electron chi connectivity index (χ1n) is 14.9. The highest BCUT2D eigenvalue weighted by atomic mass is 31.1. The summed E-state index contributed by atoms with van der Waals surface area (Å²) in [5.41, 5.74) is 1.99. The van der Waals surface area contributed by atoms with Gasteiger partial charge < -0.3 is 39.3 Å². The molecule has 2 aliphatic heterocycles. The number of amides is 3. The Morgan fingerprint density at radius 1 is 0.979 bits per heavy atom. The number of pyridine rings is 1. The van der Waals surface area contributed by atoms with Gasteiger partial charge in [0, 0.05) is 71.5 Å². The van der Waals surface area contributed by atoms with Crippen molar-refractivity contribution in [2.75, 3.05) is 57.4 Å². The van der Waals surface area contributed by atoms with Crippen LogP contribution >= 0.6 is 8.03 Å². The molecule has 1 aromatic heterocycles. The molecule has 254 valence electrons. The zero-order chi connectivity index (χ0) is 34.1. The number of carboxylic acid groups (broad SMARTS) is 1. The number of rotatable bonds is 12. The molecule has 2 aromatic rings. The number of anilines is 1. The van der Waals surface area contributed by atoms with Crippen LogP contribution in [0.3, 0.4) is 0 Å². The summed E-state index contributed by atoms with van der Waals surface area (Å²) in [6.07, 6.45) is -0.870. The van der Waals surface area contributed by atoms with Crippen LogP contribution in [0.2, 0.25) is 0 Å². The van der Waals surface area contributed by atoms with Crippen molar-refractivity contribution in [3.63, 3.8) is 0 Å². The lowest BCUT2D eigenvalue weighted by atomic mass is 10.1. The summed E-state index contributed by atoms with van der Waals surface area (Å²) in [7, 11) is -1.66. The molecule has 1 unspecified atom stereocenters. The van der Waals surface area contributed by atoms with Gasteiger partial charge in [-0.25, -0.2) is 9.78 Å². The number of nitrogens with one attached hydrogen (secondary N) is 1. The third-order valence-electron chi connectivity index (χ3n) is 7.54. The first-order chi connectivity index (χ1) is 22.4. The van der Waals surface area contributed by atoms with Gasteiger partial charge in [-0.15, -0.1) is 0 Å². The van der Waals surface area contributed by atoms with Crippen LogP contribution in [0.4, 0.5) is 10.5 Å². The highest BCUT2D eigenvalue weighted by molar-refractivity contribution is 7.39. The minimum absolute atomic E-state index is 0.00555. The first-order valence-corrected chi connectivity index (χ1v) is 16.4. The Bertz CT molecular complexity index is 1470. The molecule has 3 amide bonds. The molecular formula is C30H38N5O11P. The summed E-state index contributed by atoms with van der Waals surface area (Å²) in [5.74, 6) is -3.12. The first kappa shape index (κ1) is 35.3. The normalized spacial score (nSPS) is 17.6. The lowest BCUT2D eigenvalue weighted by molar-refractivity contribution is -0.231. The van der Waals surface area contributed by atoms with E-state index in [0.717, 1.165) is 36.4 Å². The van der Waals surface area contributed by atoms with Gasteiger partial charge in [-0.2, -0.15) is 0 Å². The number of ether oxygens (including phenoxy) is 3. The zero-order valence-corrected chi connectivity index (χ0v) is 27.2. The maximum Gasteiger partial charge on any atom is 0.407 e. The molecule has 0 spiro atoms. The van der Waals surface area contributed by atoms with E-state index >= 15 is 0 Å². The van der Waals surface area contributed by atoms with Gasteiger partial charge in [-0.05, 0) is 18.6 Å². The van der Waals surface area contributed by atoms with Crippen LogP contribution in [0, 0.1) is 0 Å². The van der Waals surface area contributed by atoms with Crippen LogP contribution in [0.15, 0.2) is 42.5 Å². The van der Waals surface area contributed by atoms with Crippen LogP contribution in [0.5, 0.6) is 0 Å². The molecule has 2 fully saturated rings. The van der Waals surface area contributed by atoms with Crippen molar-refractivity contribution in [3.05, 3.63) is 48.2 Å². The highest BCUT2D eigenvalue weighted by Crippen LogP contribution is 2.30. The Labute approximate surface area is 271 Å². The van der Waals surface area contributed by atoms with E-state index in [2.05, 4.69) is 15.2 Å². The molecule has 3 atom stereocenters. The maximum absolute atomic E-state index is 13.8. The smallest absolute Gasteiger partial charge is 0.407 e. The second-order valence-corrected chi connectivity index (χ2v) is 12.3. The van der Waals surface area contributed by atoms with Crippen molar-refractivity contribution < 1.29 is 52.4 Å². The fourth-order valence-electron chi connectivity index (χ4n) is 5.16. The van der Waals surface area contributed by atoms with E-state index in [4.69, 9.17) is 18.7 Å². The molecule has 0 bridgehead atoms. The molecule has 16 nitrogen and oxygen atoms in total. The van der Waals surface area contributed by atoms with Crippen molar-refractivity contribution in [3.8, 4) is 11.3 Å². The van der Waals surface area contributed by atoms with Crippen LogP contribution < -0.4 is 10.2 Å². The van der Waals surface area contributed by atoms with Gasteiger partial charge in [0.2, 0.25) is 13.9 Å². The minimum Gasteiger partial charge on any atom is -0.465 e. The Kier molecular flexibility index (Phi) is 12.3. The summed E-state index contributed by atoms with van der Waals surface area (Å²) in [6, 6.07) is 11.3. The molecule has 1 aromatic carbocycles. The largest absolute Gasteiger partial charge is 0.465 e. The molecule has 2 saturated heterocycles. The zero-order valence-electron chi connectivity index (χ0n) is 26.2. The number of methoxy groups -OCH3 is 1. The number of carbonyl (C=O) groups excluding carboxylic acids is 4. The van der Waals surface area contributed by atoms with Crippen LogP contribution in [-0.2, 0) is 37.7 Å². The number of nitrogens with zero attached hydrogens (tertiary/aromatic N) is 4. The number of hydrogen-bond donors (Lipinski definition) is 2. The second-order valence-electron chi connectivity index (χ2n) is 10.9. The number of carbonyl (C=O) groups is 5. The Hall–Kier alpha value is -4.53. The van der Waals surface area contributed by atoms with E-state index in [1.54, 1.807) is 13.2 Å². The molecule has 4 rings (SSSR count). The predicted molar refractivity (Wildman–Crippen MR) is 167 cm³/mol. The highest BCUT2D eigenvalue weighted by Gasteiger charge is 2.33. The molecule has 47 heavy (non-hydrogen) atoms. The molecule has 0 radical (unpaired) electrons. The van der Waals surface area contributed by atoms with Gasteiger partial charge in [-0.3, -0.25) is 28.3 Å². The molecular weight excluding hydrogens is 637 g/mol. The van der Waals surface area contributed by atoms with Gasteiger partial charge in [0.15, 0.2) is 0 Å². The third kappa shape index (κ3) is 9.98. The van der Waals surface area contributed by atoms with Crippen LogP contribution in [0.1, 0.15) is 30.8 Å². The summed E-state index contributed by atoms with van der Waals surface area (Å²) in [4.78, 5) is 70.9. The Morgan fingerprint density at radius 2 is 1.62 bits per heavy atom. The Balaban J connectivity index is 1.61. The lowest BCUT2D eigenvalue weighted by Gasteiger charge is -2.35. The van der Waals surface area contributed by atoms with Crippen LogP contribution in [0.25, 0.3) is 11.3 Å². The molecule has 3 heterocycles. The van der Waals surface area contributed by atoms with E-state index in [0.29, 0.717) is 18.8 Å². The number of piperazine rings is 1. The van der Waals surface area contributed by atoms with Gasteiger partial charge in [0.05, 0.1) is 18.0 Å². The van der Waals surface area contributed by atoms with Gasteiger partial charge >= 0.3 is 24.5 Å². The average Bonchev–Trinajstić information content (AvgIpc) is 3.53. The Morgan fingerprint density at radius 3 is 2.19 bits per heavy atom. The summed E-state index contributed by atoms with van der Waals surface area (Å²) < 4.78 is 33.3. The van der Waals surface area contributed by atoms with Crippen LogP contribution in [-0.4, -0.2) is 121 Å².